The van der Waals surface area contributed by atoms with E-state index in [2.05, 4.69) is 52.7 Å². The lowest BCUT2D eigenvalue weighted by molar-refractivity contribution is -0.134. The van der Waals surface area contributed by atoms with Crippen LogP contribution in [0.4, 0.5) is 0 Å². The Bertz CT molecular complexity index is 1070. The lowest BCUT2D eigenvalue weighted by Gasteiger charge is -2.39. The second-order valence-corrected chi connectivity index (χ2v) is 8.03. The molecule has 1 aromatic carbocycles. The van der Waals surface area contributed by atoms with Gasteiger partial charge >= 0.3 is 11.9 Å². The summed E-state index contributed by atoms with van der Waals surface area (Å²) in [5.74, 6) is -2.72. The molecule has 5 N–H and O–H groups in total. The van der Waals surface area contributed by atoms with Crippen molar-refractivity contribution in [1.29, 1.82) is 0 Å². The average Bonchev–Trinajstić information content (AvgIpc) is 3.17. The van der Waals surface area contributed by atoms with Crippen LogP contribution in [0.3, 0.4) is 0 Å². The number of carbonyl (C=O) groups excluding carboxylic acids is 1. The Kier molecular flexibility index (Phi) is 7.12. The van der Waals surface area contributed by atoms with Gasteiger partial charge in [-0.15, -0.1) is 0 Å². The molecular weight excluding hydrogens is 414 g/mol. The van der Waals surface area contributed by atoms with Gasteiger partial charge in [-0.25, -0.2) is 9.59 Å². The van der Waals surface area contributed by atoms with Gasteiger partial charge in [-0.1, -0.05) is 18.2 Å². The minimum absolute atomic E-state index is 0.0126. The monoisotopic (exact) mass is 441 g/mol. The fraction of sp³-hybridized carbons (Fsp3) is 0.348. The van der Waals surface area contributed by atoms with Crippen molar-refractivity contribution in [3.05, 3.63) is 53.8 Å². The van der Waals surface area contributed by atoms with E-state index in [-0.39, 0.29) is 24.5 Å². The number of carboxylic acids is 2. The van der Waals surface area contributed by atoms with Crippen molar-refractivity contribution in [1.82, 2.24) is 15.2 Å². The second-order valence-electron chi connectivity index (χ2n) is 8.03. The van der Waals surface area contributed by atoms with Gasteiger partial charge in [0, 0.05) is 47.9 Å². The molecule has 2 aliphatic rings. The van der Waals surface area contributed by atoms with Crippen LogP contribution in [-0.2, 0) is 20.8 Å². The Morgan fingerprint density at radius 3 is 2.56 bits per heavy atom. The van der Waals surface area contributed by atoms with Gasteiger partial charge in [0.15, 0.2) is 0 Å². The van der Waals surface area contributed by atoms with E-state index in [1.54, 1.807) is 0 Å². The van der Waals surface area contributed by atoms with Crippen LogP contribution in [-0.4, -0.2) is 75.3 Å². The first-order valence-electron chi connectivity index (χ1n) is 10.3. The van der Waals surface area contributed by atoms with Gasteiger partial charge in [-0.3, -0.25) is 9.69 Å². The summed E-state index contributed by atoms with van der Waals surface area (Å²) in [5, 5.41) is 29.0. The van der Waals surface area contributed by atoms with E-state index in [9.17, 15) is 14.4 Å². The highest BCUT2D eigenvalue weighted by Crippen LogP contribution is 2.40. The number of aliphatic carboxylic acids is 2. The number of aromatic amines is 1. The highest BCUT2D eigenvalue weighted by atomic mass is 16.4. The summed E-state index contributed by atoms with van der Waals surface area (Å²) in [7, 11) is 2.09. The lowest BCUT2D eigenvalue weighted by atomic mass is 9.80. The Labute approximate surface area is 185 Å². The van der Waals surface area contributed by atoms with Crippen molar-refractivity contribution in [2.75, 3.05) is 20.2 Å². The Morgan fingerprint density at radius 1 is 1.25 bits per heavy atom. The Hall–Kier alpha value is -3.43. The van der Waals surface area contributed by atoms with Crippen molar-refractivity contribution >= 4 is 34.3 Å². The molecule has 1 amide bonds. The number of carbonyl (C=O) groups is 3. The highest BCUT2D eigenvalue weighted by molar-refractivity contribution is 5.99. The normalized spacial score (nSPS) is 20.7. The number of aliphatic hydroxyl groups is 1. The fourth-order valence-electron chi connectivity index (χ4n) is 4.15. The zero-order valence-corrected chi connectivity index (χ0v) is 17.9. The number of likely N-dealkylation sites (N-methyl/N-ethyl adjacent to an activating group) is 1. The standard InChI is InChI=1S/C19H23N3O2.C4H4O4/c1-11(10-23)21-19(24)13-6-15-14-4-3-5-16-18(14)12(8-20-16)7-17(15)22(2)9-13;5-3(6)1-2-4(7)8/h3-6,8,11,13,17,20,23H,7,9-10H2,1-2H3,(H,21,24);1-2H,(H,5,6)(H,7,8)/t11-,13+,17+;/m0./s1. The van der Waals surface area contributed by atoms with Gasteiger partial charge in [-0.2, -0.15) is 0 Å². The molecule has 32 heavy (non-hydrogen) atoms. The quantitative estimate of drug-likeness (QED) is 0.439. The molecule has 2 aromatic rings. The number of rotatable bonds is 5. The number of amides is 1. The van der Waals surface area contributed by atoms with E-state index < -0.39 is 11.9 Å². The number of hydrogen-bond acceptors (Lipinski definition) is 5. The molecule has 170 valence electrons. The molecule has 1 aromatic heterocycles. The van der Waals surface area contributed by atoms with E-state index >= 15 is 0 Å². The summed E-state index contributed by atoms with van der Waals surface area (Å²) in [6.45, 7) is 2.47. The highest BCUT2D eigenvalue weighted by Gasteiger charge is 2.35. The van der Waals surface area contributed by atoms with Gasteiger partial charge in [0.1, 0.15) is 0 Å². The topological polar surface area (TPSA) is 143 Å². The molecule has 4 rings (SSSR count). The van der Waals surface area contributed by atoms with Gasteiger partial charge in [-0.05, 0) is 43.2 Å². The van der Waals surface area contributed by atoms with Gasteiger partial charge in [0.25, 0.3) is 0 Å². The third-order valence-electron chi connectivity index (χ3n) is 5.64. The predicted molar refractivity (Wildman–Crippen MR) is 119 cm³/mol. The van der Waals surface area contributed by atoms with Crippen LogP contribution in [0.15, 0.2) is 42.6 Å². The molecule has 0 fully saturated rings. The maximum absolute atomic E-state index is 12.5. The Morgan fingerprint density at radius 2 is 1.94 bits per heavy atom. The summed E-state index contributed by atoms with van der Waals surface area (Å²) in [4.78, 5) is 37.3. The predicted octanol–water partition coefficient (Wildman–Crippen LogP) is 1.25. The summed E-state index contributed by atoms with van der Waals surface area (Å²) < 4.78 is 0. The molecular formula is C23H27N3O6. The first-order valence-corrected chi connectivity index (χ1v) is 10.3. The number of aromatic nitrogens is 1. The molecule has 0 saturated carbocycles. The van der Waals surface area contributed by atoms with Gasteiger partial charge in [0.05, 0.1) is 12.5 Å². The molecule has 1 aliphatic heterocycles. The Balaban J connectivity index is 0.000000312. The number of hydrogen-bond donors (Lipinski definition) is 5. The molecule has 0 saturated heterocycles. The fourth-order valence-corrected chi connectivity index (χ4v) is 4.15. The maximum Gasteiger partial charge on any atom is 0.328 e. The van der Waals surface area contributed by atoms with Crippen LogP contribution < -0.4 is 5.32 Å². The number of carboxylic acid groups (broad SMARTS) is 2. The van der Waals surface area contributed by atoms with Crippen LogP contribution in [0.1, 0.15) is 18.1 Å². The van der Waals surface area contributed by atoms with Crippen LogP contribution in [0.5, 0.6) is 0 Å². The molecule has 0 radical (unpaired) electrons. The van der Waals surface area contributed by atoms with E-state index in [4.69, 9.17) is 15.3 Å². The van der Waals surface area contributed by atoms with Crippen LogP contribution >= 0.6 is 0 Å². The smallest absolute Gasteiger partial charge is 0.328 e. The molecule has 9 heteroatoms. The van der Waals surface area contributed by atoms with Crippen molar-refractivity contribution in [3.8, 4) is 0 Å². The molecule has 0 spiro atoms. The molecule has 2 heterocycles. The molecule has 9 nitrogen and oxygen atoms in total. The molecule has 1 aliphatic carbocycles. The number of benzene rings is 1. The molecule has 0 unspecified atom stereocenters. The minimum atomic E-state index is -1.26. The van der Waals surface area contributed by atoms with Crippen molar-refractivity contribution < 1.29 is 29.7 Å². The van der Waals surface area contributed by atoms with Gasteiger partial charge < -0.3 is 25.6 Å². The first kappa shape index (κ1) is 23.2. The third kappa shape index (κ3) is 5.06. The zero-order chi connectivity index (χ0) is 23.4. The third-order valence-corrected chi connectivity index (χ3v) is 5.64. The van der Waals surface area contributed by atoms with E-state index in [1.165, 1.54) is 22.1 Å². The largest absolute Gasteiger partial charge is 0.478 e. The van der Waals surface area contributed by atoms with Crippen molar-refractivity contribution in [2.45, 2.75) is 25.4 Å². The second kappa shape index (κ2) is 9.80. The summed E-state index contributed by atoms with van der Waals surface area (Å²) >= 11 is 0. The summed E-state index contributed by atoms with van der Waals surface area (Å²) in [5.41, 5.74) is 4.99. The zero-order valence-electron chi connectivity index (χ0n) is 17.9. The van der Waals surface area contributed by atoms with Crippen LogP contribution in [0, 0.1) is 5.92 Å². The van der Waals surface area contributed by atoms with Crippen LogP contribution in [0.2, 0.25) is 0 Å². The SMILES string of the molecule is C[C@@H](CO)NC(=O)[C@@H]1C=C2c3cccc4[nH]cc(c34)C[C@H]2N(C)C1.O=C(O)C=CC(=O)O. The minimum Gasteiger partial charge on any atom is -0.478 e. The number of aliphatic hydroxyl groups excluding tert-OH is 1. The first-order chi connectivity index (χ1) is 15.2. The van der Waals surface area contributed by atoms with E-state index in [0.29, 0.717) is 24.7 Å². The number of H-pyrrole nitrogens is 1. The molecule has 3 atom stereocenters. The van der Waals surface area contributed by atoms with Gasteiger partial charge in [0.2, 0.25) is 5.91 Å². The maximum atomic E-state index is 12.5. The average molecular weight is 441 g/mol. The number of nitrogens with zero attached hydrogens (tertiary/aromatic N) is 1. The molecule has 0 bridgehead atoms. The van der Waals surface area contributed by atoms with E-state index in [0.717, 1.165) is 11.9 Å². The number of nitrogens with one attached hydrogen (secondary N) is 2. The van der Waals surface area contributed by atoms with Crippen LogP contribution in [0.25, 0.3) is 16.5 Å². The number of fused-ring (bicyclic) bond motifs is 2. The summed E-state index contributed by atoms with van der Waals surface area (Å²) in [6, 6.07) is 6.42. The van der Waals surface area contributed by atoms with Crippen molar-refractivity contribution in [3.63, 3.8) is 0 Å². The van der Waals surface area contributed by atoms with E-state index in [1.807, 2.05) is 6.92 Å². The van der Waals surface area contributed by atoms with Crippen molar-refractivity contribution in [2.24, 2.45) is 5.92 Å². The lowest BCUT2D eigenvalue weighted by Crippen LogP contribution is -2.48. The summed E-state index contributed by atoms with van der Waals surface area (Å²) in [6.07, 6.45) is 6.33.